The molecule has 1 aliphatic rings. The standard InChI is InChI=1S/C12H15ClN2O2/c13-10-3-1-8(2-4-10)11(16)7-15-12(17)9-5-14-6-9/h1-4,9,11,14,16H,5-7H2,(H,15,17). The Hall–Kier alpha value is -1.10. The third-order valence-electron chi connectivity index (χ3n) is 2.88. The molecule has 92 valence electrons. The highest BCUT2D eigenvalue weighted by molar-refractivity contribution is 6.30. The summed E-state index contributed by atoms with van der Waals surface area (Å²) in [5.41, 5.74) is 0.751. The average Bonchev–Trinajstić information content (AvgIpc) is 2.24. The summed E-state index contributed by atoms with van der Waals surface area (Å²) in [6.07, 6.45) is -0.691. The van der Waals surface area contributed by atoms with Gasteiger partial charge < -0.3 is 15.7 Å². The maximum Gasteiger partial charge on any atom is 0.225 e. The molecule has 1 saturated heterocycles. The number of rotatable bonds is 4. The molecule has 1 aromatic rings. The van der Waals surface area contributed by atoms with E-state index in [1.807, 2.05) is 0 Å². The Kier molecular flexibility index (Phi) is 3.99. The zero-order chi connectivity index (χ0) is 12.3. The summed E-state index contributed by atoms with van der Waals surface area (Å²) >= 11 is 5.75. The number of nitrogens with one attached hydrogen (secondary N) is 2. The van der Waals surface area contributed by atoms with Gasteiger partial charge in [-0.2, -0.15) is 0 Å². The Morgan fingerprint density at radius 3 is 2.65 bits per heavy atom. The van der Waals surface area contributed by atoms with Crippen LogP contribution in [0.3, 0.4) is 0 Å². The van der Waals surface area contributed by atoms with Crippen molar-refractivity contribution in [1.29, 1.82) is 0 Å². The second-order valence-electron chi connectivity index (χ2n) is 4.17. The van der Waals surface area contributed by atoms with Gasteiger partial charge in [-0.15, -0.1) is 0 Å². The van der Waals surface area contributed by atoms with Crippen molar-refractivity contribution in [3.8, 4) is 0 Å². The summed E-state index contributed by atoms with van der Waals surface area (Å²) in [4.78, 5) is 11.5. The molecule has 1 aliphatic heterocycles. The SMILES string of the molecule is O=C(NCC(O)c1ccc(Cl)cc1)C1CNC1. The average molecular weight is 255 g/mol. The van der Waals surface area contributed by atoms with E-state index in [1.165, 1.54) is 0 Å². The van der Waals surface area contributed by atoms with Crippen molar-refractivity contribution in [3.63, 3.8) is 0 Å². The van der Waals surface area contributed by atoms with E-state index in [9.17, 15) is 9.90 Å². The van der Waals surface area contributed by atoms with E-state index in [4.69, 9.17) is 11.6 Å². The molecular formula is C12H15ClN2O2. The molecule has 1 amide bonds. The van der Waals surface area contributed by atoms with Crippen LogP contribution in [0.4, 0.5) is 0 Å². The van der Waals surface area contributed by atoms with Crippen LogP contribution in [-0.2, 0) is 4.79 Å². The highest BCUT2D eigenvalue weighted by Gasteiger charge is 2.24. The Labute approximate surface area is 105 Å². The van der Waals surface area contributed by atoms with Crippen LogP contribution in [0.15, 0.2) is 24.3 Å². The molecule has 3 N–H and O–H groups in total. The molecule has 1 heterocycles. The molecule has 5 heteroatoms. The Bertz CT molecular complexity index is 390. The lowest BCUT2D eigenvalue weighted by molar-refractivity contribution is -0.126. The summed E-state index contributed by atoms with van der Waals surface area (Å²) in [6.45, 7) is 1.68. The number of amides is 1. The van der Waals surface area contributed by atoms with Crippen LogP contribution in [0, 0.1) is 5.92 Å². The van der Waals surface area contributed by atoms with Gasteiger partial charge in [-0.1, -0.05) is 23.7 Å². The van der Waals surface area contributed by atoms with Gasteiger partial charge in [0.25, 0.3) is 0 Å². The van der Waals surface area contributed by atoms with Crippen LogP contribution in [-0.4, -0.2) is 30.6 Å². The van der Waals surface area contributed by atoms with Crippen LogP contribution < -0.4 is 10.6 Å². The van der Waals surface area contributed by atoms with Crippen molar-refractivity contribution in [2.24, 2.45) is 5.92 Å². The lowest BCUT2D eigenvalue weighted by Gasteiger charge is -2.26. The second-order valence-corrected chi connectivity index (χ2v) is 4.60. The molecule has 0 aliphatic carbocycles. The first-order chi connectivity index (χ1) is 8.16. The van der Waals surface area contributed by atoms with E-state index in [-0.39, 0.29) is 18.4 Å². The summed E-state index contributed by atoms with van der Waals surface area (Å²) in [6, 6.07) is 6.95. The topological polar surface area (TPSA) is 61.4 Å². The van der Waals surface area contributed by atoms with Gasteiger partial charge in [0.05, 0.1) is 12.0 Å². The monoisotopic (exact) mass is 254 g/mol. The smallest absolute Gasteiger partial charge is 0.225 e. The molecule has 0 aromatic heterocycles. The predicted octanol–water partition coefficient (Wildman–Crippen LogP) is 0.709. The first-order valence-electron chi connectivity index (χ1n) is 5.59. The fourth-order valence-electron chi connectivity index (χ4n) is 1.62. The quantitative estimate of drug-likeness (QED) is 0.742. The van der Waals surface area contributed by atoms with E-state index in [2.05, 4.69) is 10.6 Å². The van der Waals surface area contributed by atoms with Gasteiger partial charge in [-0.05, 0) is 17.7 Å². The van der Waals surface area contributed by atoms with Gasteiger partial charge in [-0.3, -0.25) is 4.79 Å². The molecular weight excluding hydrogens is 240 g/mol. The van der Waals surface area contributed by atoms with Crippen molar-refractivity contribution >= 4 is 17.5 Å². The van der Waals surface area contributed by atoms with Gasteiger partial charge in [-0.25, -0.2) is 0 Å². The van der Waals surface area contributed by atoms with E-state index < -0.39 is 6.10 Å². The van der Waals surface area contributed by atoms with Gasteiger partial charge in [0, 0.05) is 24.7 Å². The Morgan fingerprint density at radius 1 is 1.47 bits per heavy atom. The van der Waals surface area contributed by atoms with Crippen molar-refractivity contribution < 1.29 is 9.90 Å². The summed E-state index contributed by atoms with van der Waals surface area (Å²) in [7, 11) is 0. The lowest BCUT2D eigenvalue weighted by atomic mass is 10.0. The van der Waals surface area contributed by atoms with Gasteiger partial charge >= 0.3 is 0 Å². The number of hydrogen-bond acceptors (Lipinski definition) is 3. The normalized spacial score (nSPS) is 17.3. The number of carbonyl (C=O) groups is 1. The molecule has 0 spiro atoms. The second kappa shape index (κ2) is 5.49. The zero-order valence-corrected chi connectivity index (χ0v) is 10.1. The maximum absolute atomic E-state index is 11.5. The summed E-state index contributed by atoms with van der Waals surface area (Å²) in [5, 5.41) is 16.3. The molecule has 17 heavy (non-hydrogen) atoms. The molecule has 2 rings (SSSR count). The minimum atomic E-state index is -0.691. The van der Waals surface area contributed by atoms with Gasteiger partial charge in [0.2, 0.25) is 5.91 Å². The number of aliphatic hydroxyl groups excluding tert-OH is 1. The van der Waals surface area contributed by atoms with E-state index in [0.717, 1.165) is 18.7 Å². The van der Waals surface area contributed by atoms with Gasteiger partial charge in [0.15, 0.2) is 0 Å². The van der Waals surface area contributed by atoms with Crippen LogP contribution >= 0.6 is 11.6 Å². The molecule has 0 saturated carbocycles. The Balaban J connectivity index is 1.82. The van der Waals surface area contributed by atoms with Crippen molar-refractivity contribution in [1.82, 2.24) is 10.6 Å². The first kappa shape index (κ1) is 12.4. The molecule has 0 radical (unpaired) electrons. The van der Waals surface area contributed by atoms with Crippen molar-refractivity contribution in [2.75, 3.05) is 19.6 Å². The molecule has 4 nitrogen and oxygen atoms in total. The first-order valence-corrected chi connectivity index (χ1v) is 5.96. The third kappa shape index (κ3) is 3.19. The molecule has 1 aromatic carbocycles. The minimum Gasteiger partial charge on any atom is -0.387 e. The Morgan fingerprint density at radius 2 is 2.12 bits per heavy atom. The van der Waals surface area contributed by atoms with E-state index in [0.29, 0.717) is 5.02 Å². The molecule has 0 bridgehead atoms. The van der Waals surface area contributed by atoms with Crippen LogP contribution in [0.25, 0.3) is 0 Å². The maximum atomic E-state index is 11.5. The summed E-state index contributed by atoms with van der Waals surface area (Å²) in [5.74, 6) is 0.0455. The zero-order valence-electron chi connectivity index (χ0n) is 9.32. The van der Waals surface area contributed by atoms with E-state index in [1.54, 1.807) is 24.3 Å². The molecule has 1 fully saturated rings. The minimum absolute atomic E-state index is 0.00300. The number of halogens is 1. The van der Waals surface area contributed by atoms with Crippen LogP contribution in [0.5, 0.6) is 0 Å². The van der Waals surface area contributed by atoms with Crippen LogP contribution in [0.1, 0.15) is 11.7 Å². The largest absolute Gasteiger partial charge is 0.387 e. The highest BCUT2D eigenvalue weighted by Crippen LogP contribution is 2.15. The van der Waals surface area contributed by atoms with Crippen molar-refractivity contribution in [2.45, 2.75) is 6.10 Å². The molecule has 1 atom stereocenters. The highest BCUT2D eigenvalue weighted by atomic mass is 35.5. The third-order valence-corrected chi connectivity index (χ3v) is 3.13. The number of carbonyl (C=O) groups excluding carboxylic acids is 1. The summed E-state index contributed by atoms with van der Waals surface area (Å²) < 4.78 is 0. The molecule has 1 unspecified atom stereocenters. The number of benzene rings is 1. The van der Waals surface area contributed by atoms with E-state index >= 15 is 0 Å². The number of hydrogen-bond donors (Lipinski definition) is 3. The fraction of sp³-hybridized carbons (Fsp3) is 0.417. The van der Waals surface area contributed by atoms with Gasteiger partial charge in [0.1, 0.15) is 0 Å². The number of aliphatic hydroxyl groups is 1. The fourth-order valence-corrected chi connectivity index (χ4v) is 1.74. The van der Waals surface area contributed by atoms with Crippen molar-refractivity contribution in [3.05, 3.63) is 34.9 Å². The lowest BCUT2D eigenvalue weighted by Crippen LogP contribution is -2.51. The van der Waals surface area contributed by atoms with Crippen LogP contribution in [0.2, 0.25) is 5.02 Å². The predicted molar refractivity (Wildman–Crippen MR) is 65.8 cm³/mol.